The Morgan fingerprint density at radius 2 is 1.21 bits per heavy atom. The number of hydrogen-bond acceptors (Lipinski definition) is 23. The number of carbonyl (C=O) groups excluding carboxylic acids is 9. The zero-order valence-corrected chi connectivity index (χ0v) is 71.5. The normalized spacial score (nSPS) is 23.6. The van der Waals surface area contributed by atoms with Gasteiger partial charge in [0.25, 0.3) is 0 Å². The van der Waals surface area contributed by atoms with E-state index in [9.17, 15) is 48.1 Å². The van der Waals surface area contributed by atoms with Crippen LogP contribution >= 0.6 is 7.82 Å². The summed E-state index contributed by atoms with van der Waals surface area (Å²) in [6.07, 6.45) is 20.5. The van der Waals surface area contributed by atoms with Crippen LogP contribution in [0, 0.1) is 16.7 Å². The molecule has 1 saturated heterocycles. The summed E-state index contributed by atoms with van der Waals surface area (Å²) in [5.74, 6) is -8.07. The molecule has 2 unspecified atom stereocenters. The lowest BCUT2D eigenvalue weighted by Gasteiger charge is -2.67. The van der Waals surface area contributed by atoms with Crippen LogP contribution in [0.2, 0.25) is 0 Å². The van der Waals surface area contributed by atoms with Gasteiger partial charge < -0.3 is 68.0 Å². The number of hydrogen-bond donors (Lipinski definition) is 4. The number of amides is 2. The topological polar surface area (TPSA) is 346 Å². The Morgan fingerprint density at radius 1 is 0.670 bits per heavy atom. The van der Waals surface area contributed by atoms with E-state index in [1.54, 1.807) is 84.9 Å². The summed E-state index contributed by atoms with van der Waals surface area (Å²) in [4.78, 5) is 138. The van der Waals surface area contributed by atoms with Crippen molar-refractivity contribution in [2.75, 3.05) is 47.2 Å². The molecule has 0 aromatic heterocycles. The molecule has 2 saturated carbocycles. The van der Waals surface area contributed by atoms with Crippen molar-refractivity contribution in [1.29, 1.82) is 0 Å². The van der Waals surface area contributed by atoms with Gasteiger partial charge in [0.1, 0.15) is 48.3 Å². The van der Waals surface area contributed by atoms with Crippen LogP contribution in [-0.2, 0) is 94.5 Å². The van der Waals surface area contributed by atoms with Crippen molar-refractivity contribution in [3.63, 3.8) is 0 Å². The zero-order chi connectivity index (χ0) is 84.2. The van der Waals surface area contributed by atoms with Gasteiger partial charge >= 0.3 is 49.7 Å². The second-order valence-electron chi connectivity index (χ2n) is 33.0. The molecule has 27 heteroatoms. The molecule has 1 heterocycles. The number of benzene rings is 2. The fourth-order valence-electron chi connectivity index (χ4n) is 16.5. The van der Waals surface area contributed by atoms with E-state index in [1.807, 2.05) is 0 Å². The van der Waals surface area contributed by atoms with Crippen molar-refractivity contribution in [2.24, 2.45) is 16.7 Å². The molecule has 6 rings (SSSR count). The van der Waals surface area contributed by atoms with Crippen molar-refractivity contribution in [2.45, 2.75) is 340 Å². The van der Waals surface area contributed by atoms with Gasteiger partial charge in [-0.25, -0.2) is 18.9 Å². The van der Waals surface area contributed by atoms with Crippen LogP contribution in [0.1, 0.15) is 297 Å². The Balaban J connectivity index is 1.13. The number of unbranched alkanes of at least 4 members (excludes halogenated alkanes) is 23. The highest BCUT2D eigenvalue weighted by atomic mass is 31.2. The number of phosphoric acid groups is 1. The van der Waals surface area contributed by atoms with Crippen molar-refractivity contribution < 1.29 is 114 Å². The first-order valence-corrected chi connectivity index (χ1v) is 43.8. The highest BCUT2D eigenvalue weighted by Crippen LogP contribution is 2.65. The third-order valence-corrected chi connectivity index (χ3v) is 23.8. The number of rotatable bonds is 53. The number of ether oxygens (including phenoxy) is 10. The molecule has 2 aromatic rings. The van der Waals surface area contributed by atoms with Crippen LogP contribution in [0.15, 0.2) is 84.0 Å². The first kappa shape index (κ1) is 96.9. The molecule has 1 aliphatic heterocycles. The van der Waals surface area contributed by atoms with E-state index in [1.165, 1.54) is 122 Å². The SMILES string of the molecule is CCCCCC/C=C\CCCCCCCCCC(=O)OC(COC(=O)CCCCCCCCCCCCCCC)COP(=O)(O)OCCNC(=O)CCC(=O)O[C@@H](C(=O)O[C@H]1C[C@@]2(O)[C@@H](OC(=O)c3ccccc3)[C@@H]3[C@]4(OC(C)=O)CO[C@@H]4C[C@H](OC)[C@@]3(C)C(=O)[C@H](OC)C(=C1C)C2(C)C)[C@@H](NC(=O)OC(C)(C)C)c1ccccc1. The molecule has 3 aliphatic carbocycles. The number of carbonyl (C=O) groups is 9. The van der Waals surface area contributed by atoms with Crippen LogP contribution < -0.4 is 10.6 Å². The van der Waals surface area contributed by atoms with Gasteiger partial charge in [-0.1, -0.05) is 217 Å². The first-order chi connectivity index (χ1) is 54.8. The molecular weight excluding hydrogens is 1500 g/mol. The third kappa shape index (κ3) is 29.3. The van der Waals surface area contributed by atoms with Crippen molar-refractivity contribution in [3.05, 3.63) is 95.1 Å². The zero-order valence-electron chi connectivity index (χ0n) is 70.6. The van der Waals surface area contributed by atoms with Crippen LogP contribution in [-0.4, -0.2) is 170 Å². The summed E-state index contributed by atoms with van der Waals surface area (Å²) in [6, 6.07) is 14.3. The number of phosphoric ester groups is 1. The lowest BCUT2D eigenvalue weighted by atomic mass is 9.44. The number of fused-ring (bicyclic) bond motifs is 5. The third-order valence-electron chi connectivity index (χ3n) is 22.8. The molecule has 2 aromatic carbocycles. The lowest BCUT2D eigenvalue weighted by molar-refractivity contribution is -0.347. The number of methoxy groups -OCH3 is 2. The van der Waals surface area contributed by atoms with Crippen molar-refractivity contribution in [1.82, 2.24) is 10.6 Å². The predicted octanol–water partition coefficient (Wildman–Crippen LogP) is 16.1. The Kier molecular flexibility index (Phi) is 40.7. The monoisotopic (exact) mass is 1630 g/mol. The molecule has 13 atom stereocenters. The summed E-state index contributed by atoms with van der Waals surface area (Å²) in [6.45, 7) is 14.5. The molecule has 4 aliphatic rings. The average molecular weight is 1640 g/mol. The number of aliphatic hydroxyl groups is 1. The van der Waals surface area contributed by atoms with Gasteiger partial charge in [-0.3, -0.25) is 37.8 Å². The van der Waals surface area contributed by atoms with E-state index in [2.05, 4.69) is 36.6 Å². The Hall–Kier alpha value is -6.90. The number of esters is 6. The van der Waals surface area contributed by atoms with Crippen LogP contribution in [0.25, 0.3) is 0 Å². The molecule has 646 valence electrons. The summed E-state index contributed by atoms with van der Waals surface area (Å²) >= 11 is 0. The number of ketones is 1. The molecule has 0 spiro atoms. The van der Waals surface area contributed by atoms with Crippen molar-refractivity contribution >= 4 is 61.4 Å². The maximum absolute atomic E-state index is 16.0. The van der Waals surface area contributed by atoms with E-state index in [0.717, 1.165) is 77.0 Å². The quantitative estimate of drug-likeness (QED) is 0.0157. The van der Waals surface area contributed by atoms with Crippen LogP contribution in [0.4, 0.5) is 4.79 Å². The number of allylic oxidation sites excluding steroid dienone is 2. The number of nitrogens with one attached hydrogen (secondary N) is 2. The molecular formula is C88H135N2O24P. The standard InChI is InChI=1S/C88H135N2O24P/c1-13-15-17-19-21-23-25-27-28-30-32-34-36-38-46-52-72(94)109-66(59-105-71(93)51-45-37-35-33-31-29-26-24-22-20-18-16-14-2)60-108-115(101,102)107-56-55-89-70(92)53-54-73(95)111-77(75(64-47-41-39-42-48-64)90-83(99)114-84(5,6)7)82(98)110-67-58-88(100)80(112-81(97)65-49-43-40-44-50-65)78-86(10,79(96)76(104-12)74(62(67)3)85(88,8)9)68(103-11)57-69-87(78,61-106-69)113-63(4)91/h23,25,39-44,47-50,66-69,75-78,80,100H,13-22,24,26-38,45-46,51-61H2,1-12H3,(H,89,92)(H,90,99)(H,101,102)/b25-23-/t66?,67-,68-,69+,75-,76+,77+,78-,80-,86+,87-,88+/m0/s1. The van der Waals surface area contributed by atoms with Gasteiger partial charge in [0.05, 0.1) is 49.2 Å². The van der Waals surface area contributed by atoms with E-state index < -0.39 is 183 Å². The molecule has 26 nitrogen and oxygen atoms in total. The minimum atomic E-state index is -4.92. The molecule has 2 amide bonds. The second kappa shape index (κ2) is 48.2. The maximum Gasteiger partial charge on any atom is 0.472 e. The van der Waals surface area contributed by atoms with Gasteiger partial charge in [-0.05, 0) is 102 Å². The molecule has 0 radical (unpaired) electrons. The highest BCUT2D eigenvalue weighted by molar-refractivity contribution is 7.47. The second-order valence-corrected chi connectivity index (χ2v) is 34.5. The fraction of sp³-hybridized carbons (Fsp3) is 0.716. The Morgan fingerprint density at radius 3 is 1.75 bits per heavy atom. The Labute approximate surface area is 682 Å². The summed E-state index contributed by atoms with van der Waals surface area (Å²) in [7, 11) is -2.22. The average Bonchev–Trinajstić information content (AvgIpc) is 0.668. The van der Waals surface area contributed by atoms with Gasteiger partial charge in [-0.2, -0.15) is 0 Å². The highest BCUT2D eigenvalue weighted by Gasteiger charge is 2.78. The van der Waals surface area contributed by atoms with E-state index in [4.69, 9.17) is 56.4 Å². The molecule has 4 N–H and O–H groups in total. The van der Waals surface area contributed by atoms with Crippen molar-refractivity contribution in [3.8, 4) is 0 Å². The minimum absolute atomic E-state index is 0.0360. The fourth-order valence-corrected chi connectivity index (χ4v) is 17.2. The summed E-state index contributed by atoms with van der Waals surface area (Å²) < 4.78 is 84.5. The summed E-state index contributed by atoms with van der Waals surface area (Å²) in [5, 5.41) is 19.4. The van der Waals surface area contributed by atoms with E-state index in [0.29, 0.717) is 12.8 Å². The van der Waals surface area contributed by atoms with Crippen LogP contribution in [0.5, 0.6) is 0 Å². The van der Waals surface area contributed by atoms with Gasteiger partial charge in [0.2, 0.25) is 12.0 Å². The summed E-state index contributed by atoms with van der Waals surface area (Å²) in [5.41, 5.74) is -8.01. The number of Topliss-reactive ketones (excluding diaryl/α,β-unsaturated/α-hetero) is 1. The lowest BCUT2D eigenvalue weighted by Crippen LogP contribution is -2.82. The largest absolute Gasteiger partial charge is 0.472 e. The van der Waals surface area contributed by atoms with E-state index in [-0.39, 0.29) is 54.7 Å². The van der Waals surface area contributed by atoms with E-state index >= 15 is 9.59 Å². The van der Waals surface area contributed by atoms with Crippen LogP contribution in [0.3, 0.4) is 0 Å². The molecule has 3 fully saturated rings. The Bertz CT molecular complexity index is 3510. The smallest absolute Gasteiger partial charge is 0.462 e. The van der Waals surface area contributed by atoms with Gasteiger partial charge in [0, 0.05) is 65.2 Å². The number of alkyl carbamates (subject to hydrolysis) is 1. The molecule has 115 heavy (non-hydrogen) atoms. The van der Waals surface area contributed by atoms with Gasteiger partial charge in [0.15, 0.2) is 17.5 Å². The predicted molar refractivity (Wildman–Crippen MR) is 432 cm³/mol. The first-order valence-electron chi connectivity index (χ1n) is 42.3. The molecule has 2 bridgehead atoms. The minimum Gasteiger partial charge on any atom is -0.462 e. The maximum atomic E-state index is 16.0. The van der Waals surface area contributed by atoms with Gasteiger partial charge in [-0.15, -0.1) is 0 Å².